The van der Waals surface area contributed by atoms with Gasteiger partial charge in [-0.3, -0.25) is 4.79 Å². The molecule has 0 saturated heterocycles. The molecule has 0 radical (unpaired) electrons. The van der Waals surface area contributed by atoms with E-state index in [1.165, 1.54) is 0 Å². The topological polar surface area (TPSA) is 63.3 Å². The zero-order chi connectivity index (χ0) is 6.85. The molecule has 1 unspecified atom stereocenters. The fraction of sp³-hybridized carbons (Fsp3) is 0.500. The second-order valence-corrected chi connectivity index (χ2v) is 2.09. The zero-order valence-electron chi connectivity index (χ0n) is 5.00. The van der Waals surface area contributed by atoms with Crippen LogP contribution in [0.2, 0.25) is 0 Å². The van der Waals surface area contributed by atoms with Gasteiger partial charge in [0.05, 0.1) is 12.6 Å². The summed E-state index contributed by atoms with van der Waals surface area (Å²) in [7, 11) is 0. The summed E-state index contributed by atoms with van der Waals surface area (Å²) in [5, 5.41) is 8.41. The molecule has 0 amide bonds. The van der Waals surface area contributed by atoms with Crippen LogP contribution in [0.5, 0.6) is 0 Å². The third-order valence-corrected chi connectivity index (χ3v) is 1.26. The van der Waals surface area contributed by atoms with Gasteiger partial charge < -0.3 is 10.8 Å². The summed E-state index contributed by atoms with van der Waals surface area (Å²) in [6, 6.07) is -0.696. The highest BCUT2D eigenvalue weighted by Gasteiger charge is 2.22. The van der Waals surface area contributed by atoms with Crippen molar-refractivity contribution in [1.29, 1.82) is 0 Å². The summed E-state index contributed by atoms with van der Waals surface area (Å²) in [5.74, 6) is -0.113. The molecular formula is C6H9NO2. The van der Waals surface area contributed by atoms with Crippen molar-refractivity contribution in [1.82, 2.24) is 0 Å². The Balaban J connectivity index is 2.41. The molecule has 3 nitrogen and oxygen atoms in total. The average Bonchev–Trinajstić information content (AvgIpc) is 2.66. The lowest BCUT2D eigenvalue weighted by Gasteiger charge is -2.01. The van der Waals surface area contributed by atoms with E-state index in [-0.39, 0.29) is 12.4 Å². The summed E-state index contributed by atoms with van der Waals surface area (Å²) >= 11 is 0. The molecule has 0 aromatic carbocycles. The molecule has 0 bridgehead atoms. The number of hydrogen-bond donors (Lipinski definition) is 2. The molecule has 0 aromatic rings. The molecule has 3 heteroatoms. The van der Waals surface area contributed by atoms with Crippen molar-refractivity contribution in [2.75, 3.05) is 6.61 Å². The third kappa shape index (κ3) is 1.37. The van der Waals surface area contributed by atoms with E-state index in [2.05, 4.69) is 0 Å². The summed E-state index contributed by atoms with van der Waals surface area (Å²) in [6.45, 7) is -0.254. The molecule has 0 heterocycles. The summed E-state index contributed by atoms with van der Waals surface area (Å²) in [4.78, 5) is 10.8. The van der Waals surface area contributed by atoms with E-state index in [1.54, 1.807) is 6.08 Å². The highest BCUT2D eigenvalue weighted by atomic mass is 16.3. The Labute approximate surface area is 53.2 Å². The summed E-state index contributed by atoms with van der Waals surface area (Å²) in [5.41, 5.74) is 5.98. The van der Waals surface area contributed by atoms with Gasteiger partial charge in [-0.05, 0) is 12.0 Å². The van der Waals surface area contributed by atoms with E-state index in [1.807, 2.05) is 0 Å². The first-order chi connectivity index (χ1) is 4.25. The van der Waals surface area contributed by atoms with Gasteiger partial charge >= 0.3 is 0 Å². The number of carbonyl (C=O) groups excluding carboxylic acids is 1. The van der Waals surface area contributed by atoms with E-state index in [0.29, 0.717) is 0 Å². The Morgan fingerprint density at radius 2 is 2.56 bits per heavy atom. The van der Waals surface area contributed by atoms with Crippen LogP contribution in [0.25, 0.3) is 0 Å². The van der Waals surface area contributed by atoms with Crippen molar-refractivity contribution >= 4 is 5.78 Å². The van der Waals surface area contributed by atoms with Crippen LogP contribution < -0.4 is 5.73 Å². The minimum atomic E-state index is -0.696. The number of carbonyl (C=O) groups is 1. The van der Waals surface area contributed by atoms with Crippen LogP contribution in [0, 0.1) is 0 Å². The fourth-order valence-corrected chi connectivity index (χ4v) is 0.573. The molecule has 1 aliphatic rings. The smallest absolute Gasteiger partial charge is 0.177 e. The Morgan fingerprint density at radius 3 is 2.89 bits per heavy atom. The Hall–Kier alpha value is -0.670. The van der Waals surface area contributed by atoms with Crippen LogP contribution in [-0.4, -0.2) is 23.5 Å². The second kappa shape index (κ2) is 2.29. The molecule has 0 aliphatic heterocycles. The number of ketones is 1. The van der Waals surface area contributed by atoms with Gasteiger partial charge in [0, 0.05) is 0 Å². The minimum Gasteiger partial charge on any atom is -0.394 e. The summed E-state index contributed by atoms with van der Waals surface area (Å²) < 4.78 is 0. The van der Waals surface area contributed by atoms with Crippen molar-refractivity contribution in [3.63, 3.8) is 0 Å². The van der Waals surface area contributed by atoms with Crippen LogP contribution in [0.3, 0.4) is 0 Å². The number of nitrogens with two attached hydrogens (primary N) is 1. The first kappa shape index (κ1) is 6.45. The Bertz CT molecular complexity index is 162. The van der Waals surface area contributed by atoms with Gasteiger partial charge in [-0.2, -0.15) is 0 Å². The van der Waals surface area contributed by atoms with Crippen LogP contribution in [0.4, 0.5) is 0 Å². The molecule has 50 valence electrons. The van der Waals surface area contributed by atoms with E-state index in [9.17, 15) is 4.79 Å². The van der Waals surface area contributed by atoms with Gasteiger partial charge in [0.15, 0.2) is 5.78 Å². The molecule has 0 spiro atoms. The maximum atomic E-state index is 10.8. The van der Waals surface area contributed by atoms with Gasteiger partial charge in [0.1, 0.15) is 0 Å². The monoisotopic (exact) mass is 127 g/mol. The third-order valence-electron chi connectivity index (χ3n) is 1.26. The molecule has 3 N–H and O–H groups in total. The van der Waals surface area contributed by atoms with E-state index in [4.69, 9.17) is 10.8 Å². The quantitative estimate of drug-likeness (QED) is 0.522. The van der Waals surface area contributed by atoms with Crippen LogP contribution in [-0.2, 0) is 4.79 Å². The number of aliphatic hydroxyl groups excluding tert-OH is 1. The van der Waals surface area contributed by atoms with Gasteiger partial charge in [-0.15, -0.1) is 0 Å². The predicted molar refractivity (Wildman–Crippen MR) is 32.8 cm³/mol. The Kier molecular flexibility index (Phi) is 1.64. The highest BCUT2D eigenvalue weighted by molar-refractivity contribution is 6.02. The van der Waals surface area contributed by atoms with Crippen molar-refractivity contribution in [2.45, 2.75) is 12.5 Å². The maximum absolute atomic E-state index is 10.8. The standard InChI is InChI=1S/C6H9NO2/c7-5(3-8)6(9)4-1-2-4/h1,5,8H,2-3,7H2. The van der Waals surface area contributed by atoms with Gasteiger partial charge in [0.25, 0.3) is 0 Å². The van der Waals surface area contributed by atoms with Gasteiger partial charge in [0.2, 0.25) is 0 Å². The first-order valence-electron chi connectivity index (χ1n) is 2.85. The maximum Gasteiger partial charge on any atom is 0.177 e. The fourth-order valence-electron chi connectivity index (χ4n) is 0.573. The molecule has 1 rings (SSSR count). The second-order valence-electron chi connectivity index (χ2n) is 2.09. The van der Waals surface area contributed by atoms with Crippen molar-refractivity contribution in [3.05, 3.63) is 11.6 Å². The molecule has 1 aliphatic carbocycles. The highest BCUT2D eigenvalue weighted by Crippen LogP contribution is 2.19. The van der Waals surface area contributed by atoms with Crippen molar-refractivity contribution < 1.29 is 9.90 Å². The van der Waals surface area contributed by atoms with Crippen molar-refractivity contribution in [2.24, 2.45) is 5.73 Å². The molecule has 0 fully saturated rings. The van der Waals surface area contributed by atoms with Crippen molar-refractivity contribution in [3.8, 4) is 0 Å². The first-order valence-corrected chi connectivity index (χ1v) is 2.85. The van der Waals surface area contributed by atoms with Crippen LogP contribution >= 0.6 is 0 Å². The number of aliphatic hydroxyl groups is 1. The molecule has 9 heavy (non-hydrogen) atoms. The lowest BCUT2D eigenvalue weighted by molar-refractivity contribution is -0.117. The lowest BCUT2D eigenvalue weighted by Crippen LogP contribution is -2.33. The van der Waals surface area contributed by atoms with Crippen LogP contribution in [0.1, 0.15) is 6.42 Å². The molecule has 0 aromatic heterocycles. The van der Waals surface area contributed by atoms with E-state index >= 15 is 0 Å². The predicted octanol–water partition coefficient (Wildman–Crippen LogP) is -0.795. The largest absolute Gasteiger partial charge is 0.394 e. The van der Waals surface area contributed by atoms with E-state index < -0.39 is 6.04 Å². The Morgan fingerprint density at radius 1 is 2.00 bits per heavy atom. The SMILES string of the molecule is NC(CO)C(=O)C1=CC1. The van der Waals surface area contributed by atoms with Gasteiger partial charge in [-0.25, -0.2) is 0 Å². The number of hydrogen-bond acceptors (Lipinski definition) is 3. The van der Waals surface area contributed by atoms with Crippen LogP contribution in [0.15, 0.2) is 11.6 Å². The number of Topliss-reactive ketones (excluding diaryl/α,β-unsaturated/α-hetero) is 1. The lowest BCUT2D eigenvalue weighted by atomic mass is 10.2. The number of allylic oxidation sites excluding steroid dienone is 1. The zero-order valence-corrected chi connectivity index (χ0v) is 5.00. The van der Waals surface area contributed by atoms with Gasteiger partial charge in [-0.1, -0.05) is 6.08 Å². The summed E-state index contributed by atoms with van der Waals surface area (Å²) in [6.07, 6.45) is 2.56. The molecule has 0 saturated carbocycles. The average molecular weight is 127 g/mol. The number of rotatable bonds is 3. The normalized spacial score (nSPS) is 18.7. The molecular weight excluding hydrogens is 118 g/mol. The van der Waals surface area contributed by atoms with E-state index in [0.717, 1.165) is 12.0 Å². The minimum absolute atomic E-state index is 0.113. The molecule has 1 atom stereocenters.